The minimum atomic E-state index is -1.28. The third-order valence-electron chi connectivity index (χ3n) is 3.53. The fourth-order valence-corrected chi connectivity index (χ4v) is 2.01. The molecule has 0 atom stereocenters. The summed E-state index contributed by atoms with van der Waals surface area (Å²) >= 11 is 0. The number of rotatable bonds is 6. The number of benzene rings is 1. The lowest BCUT2D eigenvalue weighted by Gasteiger charge is -2.31. The topological polar surface area (TPSA) is 93.7 Å². The molecule has 0 aliphatic carbocycles. The van der Waals surface area contributed by atoms with Gasteiger partial charge in [0.2, 0.25) is 5.91 Å². The minimum Gasteiger partial charge on any atom is -0.459 e. The molecule has 0 aliphatic rings. The summed E-state index contributed by atoms with van der Waals surface area (Å²) in [6.07, 6.45) is -0.716. The van der Waals surface area contributed by atoms with E-state index in [0.29, 0.717) is 0 Å². The average Bonchev–Trinajstić information content (AvgIpc) is 2.50. The Morgan fingerprint density at radius 1 is 0.852 bits per heavy atom. The molecule has 27 heavy (non-hydrogen) atoms. The van der Waals surface area contributed by atoms with Gasteiger partial charge in [0.1, 0.15) is 23.3 Å². The Balaban J connectivity index is 2.65. The predicted octanol–water partition coefficient (Wildman–Crippen LogP) is 2.93. The van der Waals surface area contributed by atoms with Crippen LogP contribution in [0.2, 0.25) is 0 Å². The molecule has 150 valence electrons. The van der Waals surface area contributed by atoms with E-state index in [9.17, 15) is 14.4 Å². The summed E-state index contributed by atoms with van der Waals surface area (Å²) in [5.74, 6) is -1.11. The van der Waals surface area contributed by atoms with E-state index in [1.807, 2.05) is 30.3 Å². The second-order valence-electron chi connectivity index (χ2n) is 8.39. The van der Waals surface area contributed by atoms with E-state index >= 15 is 0 Å². The molecule has 1 rings (SSSR count). The minimum absolute atomic E-state index is 0.110. The van der Waals surface area contributed by atoms with Gasteiger partial charge in [0.25, 0.3) is 0 Å². The molecule has 0 unspecified atom stereocenters. The van der Waals surface area contributed by atoms with Crippen molar-refractivity contribution in [2.45, 2.75) is 71.8 Å². The number of hydrogen-bond acceptors (Lipinski definition) is 5. The van der Waals surface area contributed by atoms with Crippen LogP contribution in [0.3, 0.4) is 0 Å². The fourth-order valence-electron chi connectivity index (χ4n) is 2.01. The highest BCUT2D eigenvalue weighted by Crippen LogP contribution is 2.13. The maximum Gasteiger partial charge on any atom is 0.408 e. The lowest BCUT2D eigenvalue weighted by molar-refractivity contribution is -0.154. The quantitative estimate of drug-likeness (QED) is 0.743. The standard InChI is InChI=1S/C20H30N2O5/c1-18(2,3)27-17(25)22-19(4,5)15(23)21-20(6,7)16(24)26-13-14-11-9-8-10-12-14/h8-12H,13H2,1-7H3,(H,21,23)(H,22,25). The molecule has 2 amide bonds. The van der Waals surface area contributed by atoms with Crippen molar-refractivity contribution in [3.8, 4) is 0 Å². The Hall–Kier alpha value is -2.57. The van der Waals surface area contributed by atoms with Gasteiger partial charge in [-0.25, -0.2) is 9.59 Å². The number of nitrogens with one attached hydrogen (secondary N) is 2. The number of carbonyl (C=O) groups is 3. The van der Waals surface area contributed by atoms with Crippen molar-refractivity contribution < 1.29 is 23.9 Å². The molecule has 0 fully saturated rings. The van der Waals surface area contributed by atoms with E-state index in [-0.39, 0.29) is 6.61 Å². The lowest BCUT2D eigenvalue weighted by Crippen LogP contribution is -2.61. The molecule has 0 saturated heterocycles. The van der Waals surface area contributed by atoms with E-state index in [1.54, 1.807) is 34.6 Å². The van der Waals surface area contributed by atoms with Gasteiger partial charge in [-0.2, -0.15) is 0 Å². The third-order valence-corrected chi connectivity index (χ3v) is 3.53. The lowest BCUT2D eigenvalue weighted by atomic mass is 10.00. The van der Waals surface area contributed by atoms with Gasteiger partial charge < -0.3 is 20.1 Å². The molecular weight excluding hydrogens is 348 g/mol. The average molecular weight is 378 g/mol. The Morgan fingerprint density at radius 2 is 1.41 bits per heavy atom. The van der Waals surface area contributed by atoms with E-state index in [2.05, 4.69) is 10.6 Å². The van der Waals surface area contributed by atoms with Gasteiger partial charge in [0.05, 0.1) is 0 Å². The van der Waals surface area contributed by atoms with Gasteiger partial charge in [-0.3, -0.25) is 4.79 Å². The van der Waals surface area contributed by atoms with Crippen LogP contribution in [0.15, 0.2) is 30.3 Å². The van der Waals surface area contributed by atoms with E-state index in [0.717, 1.165) is 5.56 Å². The monoisotopic (exact) mass is 378 g/mol. The van der Waals surface area contributed by atoms with Crippen molar-refractivity contribution in [2.24, 2.45) is 0 Å². The number of carbonyl (C=O) groups excluding carboxylic acids is 3. The summed E-state index contributed by atoms with van der Waals surface area (Å²) in [6.45, 7) is 11.4. The number of alkyl carbamates (subject to hydrolysis) is 1. The summed E-state index contributed by atoms with van der Waals surface area (Å²) in [4.78, 5) is 36.9. The molecule has 2 N–H and O–H groups in total. The molecule has 1 aromatic carbocycles. The zero-order valence-electron chi connectivity index (χ0n) is 17.1. The first-order chi connectivity index (χ1) is 12.2. The van der Waals surface area contributed by atoms with Crippen LogP contribution in [-0.4, -0.2) is 34.6 Å². The number of hydrogen-bond donors (Lipinski definition) is 2. The summed E-state index contributed by atoms with van der Waals surface area (Å²) in [7, 11) is 0. The van der Waals surface area contributed by atoms with Crippen LogP contribution >= 0.6 is 0 Å². The van der Waals surface area contributed by atoms with Crippen LogP contribution in [-0.2, 0) is 25.7 Å². The van der Waals surface area contributed by atoms with Crippen LogP contribution in [0.5, 0.6) is 0 Å². The summed E-state index contributed by atoms with van der Waals surface area (Å²) in [6, 6.07) is 9.25. The maximum absolute atomic E-state index is 12.6. The van der Waals surface area contributed by atoms with Crippen LogP contribution in [0.1, 0.15) is 54.0 Å². The molecule has 7 heteroatoms. The molecule has 0 aromatic heterocycles. The highest BCUT2D eigenvalue weighted by atomic mass is 16.6. The Bertz CT molecular complexity index is 675. The van der Waals surface area contributed by atoms with Crippen LogP contribution in [0, 0.1) is 0 Å². The first kappa shape index (κ1) is 22.5. The van der Waals surface area contributed by atoms with Gasteiger partial charge in [-0.15, -0.1) is 0 Å². The molecular formula is C20H30N2O5. The van der Waals surface area contributed by atoms with Crippen LogP contribution in [0.25, 0.3) is 0 Å². The van der Waals surface area contributed by atoms with Crippen molar-refractivity contribution in [1.82, 2.24) is 10.6 Å². The van der Waals surface area contributed by atoms with Gasteiger partial charge >= 0.3 is 12.1 Å². The van der Waals surface area contributed by atoms with Gasteiger partial charge in [-0.05, 0) is 54.0 Å². The van der Waals surface area contributed by atoms with E-state index in [1.165, 1.54) is 13.8 Å². The normalized spacial score (nSPS) is 12.1. The fraction of sp³-hybridized carbons (Fsp3) is 0.550. The second-order valence-corrected chi connectivity index (χ2v) is 8.39. The number of amides is 2. The molecule has 7 nitrogen and oxygen atoms in total. The van der Waals surface area contributed by atoms with E-state index < -0.39 is 34.6 Å². The highest BCUT2D eigenvalue weighted by Gasteiger charge is 2.38. The summed E-state index contributed by atoms with van der Waals surface area (Å²) in [5.41, 5.74) is -2.38. The van der Waals surface area contributed by atoms with Crippen LogP contribution < -0.4 is 10.6 Å². The molecule has 1 aromatic rings. The number of ether oxygens (including phenoxy) is 2. The summed E-state index contributed by atoms with van der Waals surface area (Å²) in [5, 5.41) is 5.12. The van der Waals surface area contributed by atoms with Crippen molar-refractivity contribution in [3.05, 3.63) is 35.9 Å². The van der Waals surface area contributed by atoms with Crippen molar-refractivity contribution in [2.75, 3.05) is 0 Å². The number of esters is 1. The molecule has 0 spiro atoms. The Labute approximate surface area is 160 Å². The molecule has 0 bridgehead atoms. The molecule has 0 radical (unpaired) electrons. The van der Waals surface area contributed by atoms with Crippen molar-refractivity contribution in [1.29, 1.82) is 0 Å². The predicted molar refractivity (Wildman–Crippen MR) is 102 cm³/mol. The Kier molecular flexibility index (Phi) is 7.00. The molecule has 0 saturated carbocycles. The van der Waals surface area contributed by atoms with Gasteiger partial charge in [0.15, 0.2) is 0 Å². The first-order valence-corrected chi connectivity index (χ1v) is 8.78. The van der Waals surface area contributed by atoms with Crippen molar-refractivity contribution >= 4 is 18.0 Å². The smallest absolute Gasteiger partial charge is 0.408 e. The first-order valence-electron chi connectivity index (χ1n) is 8.78. The van der Waals surface area contributed by atoms with Gasteiger partial charge in [0, 0.05) is 0 Å². The zero-order valence-corrected chi connectivity index (χ0v) is 17.1. The van der Waals surface area contributed by atoms with E-state index in [4.69, 9.17) is 9.47 Å². The third kappa shape index (κ3) is 7.68. The highest BCUT2D eigenvalue weighted by molar-refractivity contribution is 5.93. The van der Waals surface area contributed by atoms with Gasteiger partial charge in [-0.1, -0.05) is 30.3 Å². The molecule has 0 aliphatic heterocycles. The zero-order chi connectivity index (χ0) is 20.9. The van der Waals surface area contributed by atoms with Crippen LogP contribution in [0.4, 0.5) is 4.79 Å². The summed E-state index contributed by atoms with van der Waals surface area (Å²) < 4.78 is 10.5. The Morgan fingerprint density at radius 3 is 1.93 bits per heavy atom. The SMILES string of the molecule is CC(C)(C)OC(=O)NC(C)(C)C(=O)NC(C)(C)C(=O)OCc1ccccc1. The molecule has 0 heterocycles. The maximum atomic E-state index is 12.6. The second kappa shape index (κ2) is 8.41. The van der Waals surface area contributed by atoms with Crippen molar-refractivity contribution in [3.63, 3.8) is 0 Å². The largest absolute Gasteiger partial charge is 0.459 e.